The molecule has 0 saturated carbocycles. The van der Waals surface area contributed by atoms with E-state index in [4.69, 9.17) is 55.7 Å². The number of carbonyl (C=O) groups excluding carboxylic acids is 1. The maximum Gasteiger partial charge on any atom is 0.346 e. The smallest absolute Gasteiger partial charge is 0.346 e. The molecule has 0 radical (unpaired) electrons. The molecule has 0 aromatic rings. The molecule has 16 heteroatoms. The average Bonchev–Trinajstić information content (AvgIpc) is 2.79. The zero-order chi connectivity index (χ0) is 25.5. The van der Waals surface area contributed by atoms with E-state index in [0.717, 1.165) is 13.1 Å². The topological polar surface area (TPSA) is 108 Å². The zero-order valence-corrected chi connectivity index (χ0v) is 23.9. The fourth-order valence-corrected chi connectivity index (χ4v) is 8.06. The molecule has 34 heavy (non-hydrogen) atoms. The van der Waals surface area contributed by atoms with Crippen molar-refractivity contribution in [3.63, 3.8) is 0 Å². The Hall–Kier alpha value is 0.610. The summed E-state index contributed by atoms with van der Waals surface area (Å²) in [7, 11) is -7.50. The van der Waals surface area contributed by atoms with Gasteiger partial charge in [0.05, 0.1) is 25.6 Å². The Balaban J connectivity index is 2.67. The molecule has 0 aliphatic carbocycles. The normalized spacial score (nSPS) is 15.8. The van der Waals surface area contributed by atoms with Gasteiger partial charge in [-0.3, -0.25) is 14.3 Å². The van der Waals surface area contributed by atoms with Gasteiger partial charge in [0.2, 0.25) is 5.91 Å². The van der Waals surface area contributed by atoms with Crippen LogP contribution in [0.5, 0.6) is 0 Å². The van der Waals surface area contributed by atoms with Gasteiger partial charge in [-0.1, -0.05) is 0 Å². The SMILES string of the molecule is O=C(CS(=O)(=O)CCOP(=O)(N(CCCl)CCCl)N(CCCl)CCCl)NCCN1CCOCC1. The first kappa shape index (κ1) is 32.6. The molecule has 1 fully saturated rings. The number of nitrogens with zero attached hydrogens (tertiary/aromatic N) is 3. The second-order valence-electron chi connectivity index (χ2n) is 7.38. The summed E-state index contributed by atoms with van der Waals surface area (Å²) in [5, 5.41) is 2.62. The summed E-state index contributed by atoms with van der Waals surface area (Å²) in [4.78, 5) is 14.2. The second kappa shape index (κ2) is 18.0. The molecule has 0 unspecified atom stereocenters. The number of hydrogen-bond acceptors (Lipinski definition) is 7. The first-order valence-corrected chi connectivity index (χ1v) is 16.5. The van der Waals surface area contributed by atoms with Crippen molar-refractivity contribution in [2.24, 2.45) is 0 Å². The van der Waals surface area contributed by atoms with Gasteiger partial charge in [0.1, 0.15) is 5.75 Å². The molecule has 1 rings (SSSR count). The van der Waals surface area contributed by atoms with Crippen molar-refractivity contribution in [3.8, 4) is 0 Å². The van der Waals surface area contributed by atoms with Crippen molar-refractivity contribution in [2.75, 3.05) is 107 Å². The van der Waals surface area contributed by atoms with Crippen LogP contribution in [0.3, 0.4) is 0 Å². The summed E-state index contributed by atoms with van der Waals surface area (Å²) in [5.41, 5.74) is 0. The maximum atomic E-state index is 13.9. The number of halogens is 4. The number of carbonyl (C=O) groups is 1. The lowest BCUT2D eigenvalue weighted by molar-refractivity contribution is -0.118. The highest BCUT2D eigenvalue weighted by atomic mass is 35.5. The van der Waals surface area contributed by atoms with E-state index < -0.39 is 34.9 Å². The number of sulfone groups is 1. The molecule has 0 spiro atoms. The minimum Gasteiger partial charge on any atom is -0.379 e. The van der Waals surface area contributed by atoms with Crippen LogP contribution in [-0.4, -0.2) is 136 Å². The third-order valence-corrected chi connectivity index (χ3v) is 9.86. The van der Waals surface area contributed by atoms with Gasteiger partial charge in [-0.2, -0.15) is 0 Å². The van der Waals surface area contributed by atoms with Gasteiger partial charge in [0, 0.05) is 75.9 Å². The van der Waals surface area contributed by atoms with E-state index in [-0.39, 0.29) is 56.3 Å². The van der Waals surface area contributed by atoms with Crippen molar-refractivity contribution < 1.29 is 27.0 Å². The molecular weight excluding hydrogens is 573 g/mol. The van der Waals surface area contributed by atoms with Gasteiger partial charge < -0.3 is 14.6 Å². The van der Waals surface area contributed by atoms with Crippen LogP contribution in [0, 0.1) is 0 Å². The molecular formula is C18H35Cl4N4O6PS. The molecule has 0 bridgehead atoms. The van der Waals surface area contributed by atoms with Crippen molar-refractivity contribution >= 4 is 69.8 Å². The standard InChI is InChI=1S/C18H35Cl4N4O6PS/c19-1-6-25(7-2-20)33(28,26(8-3-21)9-4-22)32-15-16-34(29,30)17-18(27)23-5-10-24-11-13-31-14-12-24/h1-17H2,(H,23,27). The van der Waals surface area contributed by atoms with Crippen LogP contribution in [0.25, 0.3) is 0 Å². The third kappa shape index (κ3) is 12.2. The molecule has 10 nitrogen and oxygen atoms in total. The van der Waals surface area contributed by atoms with Crippen LogP contribution in [-0.2, 0) is 28.5 Å². The summed E-state index contributed by atoms with van der Waals surface area (Å²) in [6, 6.07) is 0. The highest BCUT2D eigenvalue weighted by molar-refractivity contribution is 7.92. The number of ether oxygens (including phenoxy) is 1. The van der Waals surface area contributed by atoms with E-state index in [1.165, 1.54) is 9.34 Å². The number of rotatable bonds is 19. The zero-order valence-electron chi connectivity index (χ0n) is 19.2. The number of hydrogen-bond donors (Lipinski definition) is 1. The molecule has 1 heterocycles. The molecule has 1 amide bonds. The van der Waals surface area contributed by atoms with Gasteiger partial charge in [0.15, 0.2) is 9.84 Å². The van der Waals surface area contributed by atoms with E-state index in [2.05, 4.69) is 10.2 Å². The van der Waals surface area contributed by atoms with Gasteiger partial charge in [-0.05, 0) is 0 Å². The predicted octanol–water partition coefficient (Wildman–Crippen LogP) is 1.53. The van der Waals surface area contributed by atoms with Crippen LogP contribution in [0.1, 0.15) is 0 Å². The highest BCUT2D eigenvalue weighted by Gasteiger charge is 2.38. The molecule has 1 saturated heterocycles. The van der Waals surface area contributed by atoms with E-state index >= 15 is 0 Å². The first-order valence-electron chi connectivity index (χ1n) is 11.0. The quantitative estimate of drug-likeness (QED) is 0.173. The Kier molecular flexibility index (Phi) is 17.2. The lowest BCUT2D eigenvalue weighted by atomic mass is 10.4. The van der Waals surface area contributed by atoms with Gasteiger partial charge in [-0.25, -0.2) is 17.8 Å². The van der Waals surface area contributed by atoms with E-state index in [1.807, 2.05) is 0 Å². The molecule has 0 aromatic carbocycles. The van der Waals surface area contributed by atoms with Gasteiger partial charge in [-0.15, -0.1) is 46.4 Å². The van der Waals surface area contributed by atoms with Crippen molar-refractivity contribution in [2.45, 2.75) is 0 Å². The fourth-order valence-electron chi connectivity index (χ4n) is 3.25. The molecule has 1 aliphatic heterocycles. The van der Waals surface area contributed by atoms with E-state index in [1.54, 1.807) is 0 Å². The molecule has 1 N–H and O–H groups in total. The summed E-state index contributed by atoms with van der Waals surface area (Å²) in [6.07, 6.45) is 0. The Labute approximate surface area is 222 Å². The minimum atomic E-state index is -3.79. The second-order valence-corrected chi connectivity index (χ2v) is 13.4. The van der Waals surface area contributed by atoms with Crippen LogP contribution < -0.4 is 5.32 Å². The highest BCUT2D eigenvalue weighted by Crippen LogP contribution is 2.54. The lowest BCUT2D eigenvalue weighted by Crippen LogP contribution is -2.42. The van der Waals surface area contributed by atoms with Gasteiger partial charge >= 0.3 is 7.67 Å². The van der Waals surface area contributed by atoms with Crippen LogP contribution >= 0.6 is 54.1 Å². The van der Waals surface area contributed by atoms with Crippen LogP contribution in [0.2, 0.25) is 0 Å². The largest absolute Gasteiger partial charge is 0.379 e. The maximum absolute atomic E-state index is 13.9. The monoisotopic (exact) mass is 606 g/mol. The summed E-state index contributed by atoms with van der Waals surface area (Å²) < 4.78 is 52.8. The van der Waals surface area contributed by atoms with Gasteiger partial charge in [0.25, 0.3) is 0 Å². The molecule has 202 valence electrons. The number of morpholine rings is 1. The average molecular weight is 608 g/mol. The number of alkyl halides is 4. The predicted molar refractivity (Wildman–Crippen MR) is 139 cm³/mol. The fraction of sp³-hybridized carbons (Fsp3) is 0.944. The molecule has 0 atom stereocenters. The van der Waals surface area contributed by atoms with E-state index in [0.29, 0.717) is 26.3 Å². The Bertz CT molecular complexity index is 701. The number of amides is 1. The first-order chi connectivity index (χ1) is 16.2. The minimum absolute atomic E-state index is 0.169. The van der Waals surface area contributed by atoms with Crippen molar-refractivity contribution in [1.29, 1.82) is 0 Å². The van der Waals surface area contributed by atoms with E-state index in [9.17, 15) is 17.8 Å². The van der Waals surface area contributed by atoms with Crippen LogP contribution in [0.15, 0.2) is 0 Å². The molecule has 0 aromatic heterocycles. The van der Waals surface area contributed by atoms with Crippen molar-refractivity contribution in [1.82, 2.24) is 19.6 Å². The summed E-state index contributed by atoms with van der Waals surface area (Å²) in [5.74, 6) is -1.06. The van der Waals surface area contributed by atoms with Crippen LogP contribution in [0.4, 0.5) is 0 Å². The van der Waals surface area contributed by atoms with Crippen molar-refractivity contribution in [3.05, 3.63) is 0 Å². The Morgan fingerprint density at radius 2 is 1.47 bits per heavy atom. The third-order valence-electron chi connectivity index (χ3n) is 4.94. The Morgan fingerprint density at radius 3 is 1.94 bits per heavy atom. The summed E-state index contributed by atoms with van der Waals surface area (Å²) >= 11 is 23.5. The lowest BCUT2D eigenvalue weighted by Gasteiger charge is -2.37. The Morgan fingerprint density at radius 1 is 0.971 bits per heavy atom. The summed E-state index contributed by atoms with van der Waals surface area (Å²) in [6.45, 7) is 4.29. The number of nitrogens with one attached hydrogen (secondary N) is 1. The molecule has 1 aliphatic rings.